The SMILES string of the molecule is Cl.c1cc2ccc(C3CNC3)cc2s1. The quantitative estimate of drug-likeness (QED) is 0.787. The Bertz CT molecular complexity index is 434. The van der Waals surface area contributed by atoms with Gasteiger partial charge in [0.2, 0.25) is 0 Å². The molecule has 74 valence electrons. The zero-order valence-electron chi connectivity index (χ0n) is 7.69. The fourth-order valence-corrected chi connectivity index (χ4v) is 2.59. The molecule has 1 aliphatic rings. The molecule has 1 aliphatic heterocycles. The molecule has 2 heterocycles. The Labute approximate surface area is 93.5 Å². The summed E-state index contributed by atoms with van der Waals surface area (Å²) in [6.45, 7) is 2.30. The number of nitrogens with one attached hydrogen (secondary N) is 1. The van der Waals surface area contributed by atoms with Gasteiger partial charge in [0.15, 0.2) is 0 Å². The highest BCUT2D eigenvalue weighted by atomic mass is 35.5. The summed E-state index contributed by atoms with van der Waals surface area (Å²) in [4.78, 5) is 0. The predicted octanol–water partition coefficient (Wildman–Crippen LogP) is 3.01. The van der Waals surface area contributed by atoms with Crippen molar-refractivity contribution in [2.45, 2.75) is 5.92 Å². The molecule has 1 N–H and O–H groups in total. The van der Waals surface area contributed by atoms with Gasteiger partial charge in [0.05, 0.1) is 0 Å². The zero-order chi connectivity index (χ0) is 8.67. The third-order valence-corrected chi connectivity index (χ3v) is 3.61. The van der Waals surface area contributed by atoms with E-state index in [9.17, 15) is 0 Å². The average Bonchev–Trinajstić information content (AvgIpc) is 2.47. The zero-order valence-corrected chi connectivity index (χ0v) is 9.33. The lowest BCUT2D eigenvalue weighted by atomic mass is 9.93. The van der Waals surface area contributed by atoms with Crippen molar-refractivity contribution in [1.82, 2.24) is 5.32 Å². The Morgan fingerprint density at radius 2 is 2.07 bits per heavy atom. The summed E-state index contributed by atoms with van der Waals surface area (Å²) in [5.41, 5.74) is 1.49. The predicted molar refractivity (Wildman–Crippen MR) is 64.7 cm³/mol. The molecular formula is C11H12ClNS. The smallest absolute Gasteiger partial charge is 0.0345 e. The van der Waals surface area contributed by atoms with Crippen LogP contribution in [0.25, 0.3) is 10.1 Å². The van der Waals surface area contributed by atoms with Gasteiger partial charge in [0.25, 0.3) is 0 Å². The lowest BCUT2D eigenvalue weighted by molar-refractivity contribution is 0.449. The van der Waals surface area contributed by atoms with Gasteiger partial charge < -0.3 is 5.32 Å². The molecule has 0 spiro atoms. The first-order valence-electron chi connectivity index (χ1n) is 4.61. The van der Waals surface area contributed by atoms with E-state index < -0.39 is 0 Å². The maximum Gasteiger partial charge on any atom is 0.0345 e. The van der Waals surface area contributed by atoms with Crippen molar-refractivity contribution in [3.8, 4) is 0 Å². The van der Waals surface area contributed by atoms with Gasteiger partial charge in [-0.1, -0.05) is 12.1 Å². The monoisotopic (exact) mass is 225 g/mol. The van der Waals surface area contributed by atoms with E-state index in [1.54, 1.807) is 0 Å². The van der Waals surface area contributed by atoms with Crippen LogP contribution >= 0.6 is 23.7 Å². The van der Waals surface area contributed by atoms with Gasteiger partial charge in [-0.05, 0) is 28.5 Å². The van der Waals surface area contributed by atoms with E-state index in [2.05, 4.69) is 35.0 Å². The fourth-order valence-electron chi connectivity index (χ4n) is 1.75. The molecule has 0 bridgehead atoms. The highest BCUT2D eigenvalue weighted by molar-refractivity contribution is 7.17. The number of thiophene rings is 1. The molecule has 14 heavy (non-hydrogen) atoms. The second kappa shape index (κ2) is 3.89. The van der Waals surface area contributed by atoms with Gasteiger partial charge in [0.1, 0.15) is 0 Å². The maximum atomic E-state index is 3.30. The van der Waals surface area contributed by atoms with E-state index >= 15 is 0 Å². The van der Waals surface area contributed by atoms with Crippen LogP contribution in [-0.4, -0.2) is 13.1 Å². The minimum absolute atomic E-state index is 0. The Hall–Kier alpha value is -0.570. The number of rotatable bonds is 1. The van der Waals surface area contributed by atoms with Gasteiger partial charge >= 0.3 is 0 Å². The summed E-state index contributed by atoms with van der Waals surface area (Å²) in [7, 11) is 0. The van der Waals surface area contributed by atoms with Gasteiger partial charge in [-0.2, -0.15) is 0 Å². The number of benzene rings is 1. The lowest BCUT2D eigenvalue weighted by Gasteiger charge is -2.27. The second-order valence-corrected chi connectivity index (χ2v) is 4.52. The van der Waals surface area contributed by atoms with Crippen molar-refractivity contribution < 1.29 is 0 Å². The summed E-state index contributed by atoms with van der Waals surface area (Å²) in [5.74, 6) is 0.756. The number of hydrogen-bond acceptors (Lipinski definition) is 2. The molecule has 0 saturated carbocycles. The van der Waals surface area contributed by atoms with Gasteiger partial charge in [-0.15, -0.1) is 23.7 Å². The van der Waals surface area contributed by atoms with Crippen LogP contribution in [-0.2, 0) is 0 Å². The summed E-state index contributed by atoms with van der Waals surface area (Å²) >= 11 is 1.83. The minimum atomic E-state index is 0. The molecule has 1 aromatic carbocycles. The number of hydrogen-bond donors (Lipinski definition) is 1. The van der Waals surface area contributed by atoms with E-state index in [0.29, 0.717) is 0 Å². The first kappa shape index (κ1) is 9.97. The van der Waals surface area contributed by atoms with E-state index in [1.807, 2.05) is 11.3 Å². The summed E-state index contributed by atoms with van der Waals surface area (Å²) < 4.78 is 1.42. The summed E-state index contributed by atoms with van der Waals surface area (Å²) in [6, 6.07) is 9.02. The van der Waals surface area contributed by atoms with Crippen molar-refractivity contribution in [3.05, 3.63) is 35.2 Å². The Morgan fingerprint density at radius 3 is 2.79 bits per heavy atom. The van der Waals surface area contributed by atoms with Crippen LogP contribution < -0.4 is 5.32 Å². The van der Waals surface area contributed by atoms with Crippen LogP contribution in [0.15, 0.2) is 29.6 Å². The highest BCUT2D eigenvalue weighted by Gasteiger charge is 2.18. The van der Waals surface area contributed by atoms with E-state index in [4.69, 9.17) is 0 Å². The van der Waals surface area contributed by atoms with Crippen molar-refractivity contribution in [3.63, 3.8) is 0 Å². The molecule has 1 fully saturated rings. The van der Waals surface area contributed by atoms with E-state index in [1.165, 1.54) is 15.6 Å². The van der Waals surface area contributed by atoms with E-state index in [0.717, 1.165) is 19.0 Å². The largest absolute Gasteiger partial charge is 0.315 e. The van der Waals surface area contributed by atoms with Crippen molar-refractivity contribution in [2.75, 3.05) is 13.1 Å². The number of halogens is 1. The Kier molecular flexibility index (Phi) is 2.77. The third kappa shape index (κ3) is 1.54. The normalized spacial score (nSPS) is 16.3. The molecule has 2 aromatic rings. The topological polar surface area (TPSA) is 12.0 Å². The fraction of sp³-hybridized carbons (Fsp3) is 0.273. The molecule has 3 heteroatoms. The Morgan fingerprint density at radius 1 is 1.21 bits per heavy atom. The standard InChI is InChI=1S/C11H11NS.ClH/c1-2-9(10-6-12-7-10)5-11-8(1)3-4-13-11;/h1-5,10,12H,6-7H2;1H. The van der Waals surface area contributed by atoms with Crippen LogP contribution in [0, 0.1) is 0 Å². The molecule has 3 rings (SSSR count). The van der Waals surface area contributed by atoms with Crippen LogP contribution in [0.1, 0.15) is 11.5 Å². The van der Waals surface area contributed by atoms with Crippen LogP contribution in [0.3, 0.4) is 0 Å². The third-order valence-electron chi connectivity index (χ3n) is 2.73. The van der Waals surface area contributed by atoms with Gasteiger partial charge in [0, 0.05) is 23.7 Å². The Balaban J connectivity index is 0.000000750. The van der Waals surface area contributed by atoms with Crippen molar-refractivity contribution >= 4 is 33.8 Å². The van der Waals surface area contributed by atoms with Crippen LogP contribution in [0.2, 0.25) is 0 Å². The molecule has 0 unspecified atom stereocenters. The first-order chi connectivity index (χ1) is 6.43. The molecule has 0 radical (unpaired) electrons. The lowest BCUT2D eigenvalue weighted by Crippen LogP contribution is -2.39. The maximum absolute atomic E-state index is 3.30. The van der Waals surface area contributed by atoms with Crippen molar-refractivity contribution in [2.24, 2.45) is 0 Å². The molecular weight excluding hydrogens is 214 g/mol. The van der Waals surface area contributed by atoms with Crippen LogP contribution in [0.4, 0.5) is 0 Å². The molecule has 0 amide bonds. The van der Waals surface area contributed by atoms with Gasteiger partial charge in [-0.25, -0.2) is 0 Å². The number of fused-ring (bicyclic) bond motifs is 1. The average molecular weight is 226 g/mol. The minimum Gasteiger partial charge on any atom is -0.315 e. The summed E-state index contributed by atoms with van der Waals surface area (Å²) in [6.07, 6.45) is 0. The van der Waals surface area contributed by atoms with Crippen molar-refractivity contribution in [1.29, 1.82) is 0 Å². The molecule has 1 saturated heterocycles. The van der Waals surface area contributed by atoms with Gasteiger partial charge in [-0.3, -0.25) is 0 Å². The van der Waals surface area contributed by atoms with E-state index in [-0.39, 0.29) is 12.4 Å². The molecule has 1 aromatic heterocycles. The first-order valence-corrected chi connectivity index (χ1v) is 5.49. The molecule has 0 aliphatic carbocycles. The highest BCUT2D eigenvalue weighted by Crippen LogP contribution is 2.27. The van der Waals surface area contributed by atoms with Crippen LogP contribution in [0.5, 0.6) is 0 Å². The molecule has 1 nitrogen and oxygen atoms in total. The summed E-state index contributed by atoms with van der Waals surface area (Å²) in [5, 5.41) is 6.84. The second-order valence-electron chi connectivity index (χ2n) is 3.57. The molecule has 0 atom stereocenters.